The molecule has 0 aliphatic rings. The molecule has 0 heterocycles. The van der Waals surface area contributed by atoms with E-state index >= 15 is 0 Å². The van der Waals surface area contributed by atoms with Crippen LogP contribution >= 0.6 is 23.5 Å². The molecule has 0 aliphatic heterocycles. The van der Waals surface area contributed by atoms with Crippen LogP contribution < -0.4 is 4.72 Å². The Labute approximate surface area is 124 Å². The fourth-order valence-electron chi connectivity index (χ4n) is 0.938. The molecule has 0 aromatic heterocycles. The quantitative estimate of drug-likeness (QED) is 0.348. The predicted molar refractivity (Wildman–Crippen MR) is 83.3 cm³/mol. The lowest BCUT2D eigenvalue weighted by atomic mass is 10.4. The van der Waals surface area contributed by atoms with Gasteiger partial charge in [0.25, 0.3) is 0 Å². The van der Waals surface area contributed by atoms with Crippen LogP contribution in [0.3, 0.4) is 0 Å². The first-order chi connectivity index (χ1) is 8.83. The van der Waals surface area contributed by atoms with Gasteiger partial charge in [0.05, 0.1) is 6.26 Å². The maximum atomic E-state index is 11.0. The van der Waals surface area contributed by atoms with E-state index in [0.717, 1.165) is 29.3 Å². The SMILES string of the molecule is C=C(C)C(=O)OCCSCCSCCNS(C)(=O)=O. The van der Waals surface area contributed by atoms with Crippen molar-refractivity contribution in [3.05, 3.63) is 12.2 Å². The molecule has 0 unspecified atom stereocenters. The van der Waals surface area contributed by atoms with Crippen LogP contribution in [0.4, 0.5) is 0 Å². The van der Waals surface area contributed by atoms with Crippen molar-refractivity contribution in [2.24, 2.45) is 0 Å². The fraction of sp³-hybridized carbons (Fsp3) is 0.727. The minimum Gasteiger partial charge on any atom is -0.461 e. The molecule has 0 aromatic rings. The van der Waals surface area contributed by atoms with Gasteiger partial charge >= 0.3 is 5.97 Å². The zero-order valence-corrected chi connectivity index (χ0v) is 13.8. The molecule has 0 saturated heterocycles. The van der Waals surface area contributed by atoms with E-state index in [1.54, 1.807) is 30.4 Å². The molecule has 0 fully saturated rings. The molecule has 0 rings (SSSR count). The largest absolute Gasteiger partial charge is 0.461 e. The maximum Gasteiger partial charge on any atom is 0.333 e. The Kier molecular flexibility index (Phi) is 10.5. The summed E-state index contributed by atoms with van der Waals surface area (Å²) in [5, 5.41) is 0. The Balaban J connectivity index is 3.24. The Morgan fingerprint density at radius 2 is 1.79 bits per heavy atom. The second kappa shape index (κ2) is 10.6. The van der Waals surface area contributed by atoms with Crippen LogP contribution in [0.5, 0.6) is 0 Å². The van der Waals surface area contributed by atoms with Crippen molar-refractivity contribution >= 4 is 39.5 Å². The predicted octanol–water partition coefficient (Wildman–Crippen LogP) is 1.12. The number of esters is 1. The molecule has 0 spiro atoms. The van der Waals surface area contributed by atoms with Gasteiger partial charge in [0.2, 0.25) is 10.0 Å². The van der Waals surface area contributed by atoms with Crippen LogP contribution in [0.15, 0.2) is 12.2 Å². The lowest BCUT2D eigenvalue weighted by Crippen LogP contribution is -2.24. The Hall–Kier alpha value is -0.180. The van der Waals surface area contributed by atoms with Crippen molar-refractivity contribution in [1.29, 1.82) is 0 Å². The smallest absolute Gasteiger partial charge is 0.333 e. The lowest BCUT2D eigenvalue weighted by molar-refractivity contribution is -0.138. The Morgan fingerprint density at radius 1 is 1.21 bits per heavy atom. The zero-order chi connectivity index (χ0) is 14.7. The third-order valence-electron chi connectivity index (χ3n) is 1.79. The summed E-state index contributed by atoms with van der Waals surface area (Å²) in [6.45, 7) is 5.98. The molecule has 0 atom stereocenters. The zero-order valence-electron chi connectivity index (χ0n) is 11.3. The van der Waals surface area contributed by atoms with Crippen molar-refractivity contribution < 1.29 is 17.9 Å². The van der Waals surface area contributed by atoms with E-state index in [4.69, 9.17) is 4.74 Å². The van der Waals surface area contributed by atoms with E-state index in [0.29, 0.717) is 18.7 Å². The first-order valence-corrected chi connectivity index (χ1v) is 9.96. The van der Waals surface area contributed by atoms with Crippen LogP contribution in [0.25, 0.3) is 0 Å². The van der Waals surface area contributed by atoms with Crippen LogP contribution in [-0.2, 0) is 19.6 Å². The molecule has 0 amide bonds. The minimum absolute atomic E-state index is 0.346. The number of sulfonamides is 1. The third kappa shape index (κ3) is 14.0. The van der Waals surface area contributed by atoms with Gasteiger partial charge in [-0.15, -0.1) is 0 Å². The number of hydrogen-bond donors (Lipinski definition) is 1. The summed E-state index contributed by atoms with van der Waals surface area (Å²) in [5.41, 5.74) is 0.416. The van der Waals surface area contributed by atoms with E-state index in [1.165, 1.54) is 0 Å². The van der Waals surface area contributed by atoms with Crippen molar-refractivity contribution in [2.45, 2.75) is 6.92 Å². The summed E-state index contributed by atoms with van der Waals surface area (Å²) < 4.78 is 28.9. The van der Waals surface area contributed by atoms with Crippen LogP contribution in [-0.4, -0.2) is 56.8 Å². The molecule has 112 valence electrons. The van der Waals surface area contributed by atoms with Gasteiger partial charge in [0, 0.05) is 35.1 Å². The molecule has 0 bridgehead atoms. The summed E-state index contributed by atoms with van der Waals surface area (Å²) in [5.74, 6) is 3.08. The Bertz CT molecular complexity index is 381. The number of hydrogen-bond acceptors (Lipinski definition) is 6. The van der Waals surface area contributed by atoms with Gasteiger partial charge in [0.15, 0.2) is 0 Å². The first-order valence-electron chi connectivity index (χ1n) is 5.75. The number of rotatable bonds is 11. The molecule has 0 aromatic carbocycles. The molecule has 1 N–H and O–H groups in total. The van der Waals surface area contributed by atoms with E-state index in [9.17, 15) is 13.2 Å². The summed E-state index contributed by atoms with van der Waals surface area (Å²) in [6.07, 6.45) is 1.15. The molecule has 0 radical (unpaired) electrons. The monoisotopic (exact) mass is 327 g/mol. The van der Waals surface area contributed by atoms with E-state index < -0.39 is 10.0 Å². The van der Waals surface area contributed by atoms with Gasteiger partial charge in [0.1, 0.15) is 6.61 Å². The van der Waals surface area contributed by atoms with Crippen molar-refractivity contribution in [1.82, 2.24) is 4.72 Å². The number of carbonyl (C=O) groups excluding carboxylic acids is 1. The third-order valence-corrected chi connectivity index (χ3v) is 4.71. The Morgan fingerprint density at radius 3 is 2.32 bits per heavy atom. The van der Waals surface area contributed by atoms with Gasteiger partial charge < -0.3 is 4.74 Å². The van der Waals surface area contributed by atoms with Gasteiger partial charge in [-0.2, -0.15) is 23.5 Å². The second-order valence-corrected chi connectivity index (χ2v) is 8.09. The van der Waals surface area contributed by atoms with E-state index in [2.05, 4.69) is 11.3 Å². The highest BCUT2D eigenvalue weighted by molar-refractivity contribution is 8.02. The molecule has 0 aliphatic carbocycles. The van der Waals surface area contributed by atoms with E-state index in [-0.39, 0.29) is 5.97 Å². The highest BCUT2D eigenvalue weighted by Crippen LogP contribution is 2.06. The maximum absolute atomic E-state index is 11.0. The van der Waals surface area contributed by atoms with Gasteiger partial charge in [-0.3, -0.25) is 0 Å². The van der Waals surface area contributed by atoms with Gasteiger partial charge in [-0.25, -0.2) is 17.9 Å². The molecular formula is C11H21NO4S3. The first kappa shape index (κ1) is 18.8. The highest BCUT2D eigenvalue weighted by Gasteiger charge is 2.02. The van der Waals surface area contributed by atoms with Crippen molar-refractivity contribution in [3.8, 4) is 0 Å². The van der Waals surface area contributed by atoms with Crippen molar-refractivity contribution in [2.75, 3.05) is 42.4 Å². The van der Waals surface area contributed by atoms with E-state index in [1.807, 2.05) is 0 Å². The number of thioether (sulfide) groups is 2. The topological polar surface area (TPSA) is 72.5 Å². The van der Waals surface area contributed by atoms with Crippen LogP contribution in [0.1, 0.15) is 6.92 Å². The van der Waals surface area contributed by atoms with Crippen LogP contribution in [0.2, 0.25) is 0 Å². The average molecular weight is 327 g/mol. The average Bonchev–Trinajstić information content (AvgIpc) is 2.29. The van der Waals surface area contributed by atoms with Crippen molar-refractivity contribution in [3.63, 3.8) is 0 Å². The number of nitrogens with one attached hydrogen (secondary N) is 1. The highest BCUT2D eigenvalue weighted by atomic mass is 32.2. The molecule has 0 saturated carbocycles. The fourth-order valence-corrected chi connectivity index (χ4v) is 3.34. The minimum atomic E-state index is -3.07. The summed E-state index contributed by atoms with van der Waals surface area (Å²) in [7, 11) is -3.07. The molecule has 8 heteroatoms. The summed E-state index contributed by atoms with van der Waals surface area (Å²) in [4.78, 5) is 11.0. The lowest BCUT2D eigenvalue weighted by Gasteiger charge is -2.04. The second-order valence-electron chi connectivity index (χ2n) is 3.81. The standard InChI is InChI=1S/C11H21NO4S3/c1-10(2)11(13)16-5-7-18-9-8-17-6-4-12-19(3,14)15/h12H,1,4-9H2,2-3H3. The summed E-state index contributed by atoms with van der Waals surface area (Å²) in [6, 6.07) is 0. The molecular weight excluding hydrogens is 306 g/mol. The molecule has 19 heavy (non-hydrogen) atoms. The number of carbonyl (C=O) groups is 1. The molecule has 5 nitrogen and oxygen atoms in total. The number of ether oxygens (including phenoxy) is 1. The van der Waals surface area contributed by atoms with Gasteiger partial charge in [-0.05, 0) is 6.92 Å². The van der Waals surface area contributed by atoms with Crippen LogP contribution in [0, 0.1) is 0 Å². The van der Waals surface area contributed by atoms with Gasteiger partial charge in [-0.1, -0.05) is 6.58 Å². The summed E-state index contributed by atoms with van der Waals surface area (Å²) >= 11 is 3.40. The normalized spacial score (nSPS) is 11.3.